The van der Waals surface area contributed by atoms with Crippen LogP contribution in [0.1, 0.15) is 5.56 Å². The van der Waals surface area contributed by atoms with E-state index >= 15 is 0 Å². The molecule has 0 radical (unpaired) electrons. The second-order valence-electron chi connectivity index (χ2n) is 2.35. The van der Waals surface area contributed by atoms with E-state index in [1.165, 1.54) is 6.07 Å². The average molecular weight is 225 g/mol. The Morgan fingerprint density at radius 3 is 2.54 bits per heavy atom. The van der Waals surface area contributed by atoms with Crippen LogP contribution in [0.3, 0.4) is 0 Å². The van der Waals surface area contributed by atoms with E-state index in [1.54, 1.807) is 0 Å². The molecule has 0 aliphatic heterocycles. The molecule has 0 spiro atoms. The maximum Gasteiger partial charge on any atom is 0.332 e. The zero-order chi connectivity index (χ0) is 10.1. The van der Waals surface area contributed by atoms with E-state index < -0.39 is 21.7 Å². The Kier molecular flexibility index (Phi) is 2.90. The van der Waals surface area contributed by atoms with Gasteiger partial charge < -0.3 is 5.11 Å². The van der Waals surface area contributed by atoms with Gasteiger partial charge in [-0.3, -0.25) is 0 Å². The third kappa shape index (κ3) is 2.40. The van der Waals surface area contributed by atoms with Gasteiger partial charge in [-0.15, -0.1) is 3.89 Å². The number of hydrogen-bond acceptors (Lipinski definition) is 3. The Morgan fingerprint density at radius 2 is 2.08 bits per heavy atom. The molecule has 0 aliphatic rings. The molecule has 0 saturated carbocycles. The van der Waals surface area contributed by atoms with Crippen molar-refractivity contribution in [1.82, 2.24) is 0 Å². The van der Waals surface area contributed by atoms with Crippen molar-refractivity contribution in [1.29, 1.82) is 0 Å². The highest BCUT2D eigenvalue weighted by molar-refractivity contribution is 7.86. The Balaban J connectivity index is 3.30. The fraction of sp³-hybridized carbons (Fsp3) is 0.143. The molecule has 0 fully saturated rings. The topological polar surface area (TPSA) is 54.4 Å². The standard InChI is InChI=1S/C7H6ClFO3S/c8-7-2-1-6(13(9,11)12)3-5(7)4-10/h1-3,10H,4H2. The zero-order valence-electron chi connectivity index (χ0n) is 6.37. The van der Waals surface area contributed by atoms with E-state index in [-0.39, 0.29) is 10.6 Å². The summed E-state index contributed by atoms with van der Waals surface area (Å²) in [5.41, 5.74) is 0.181. The number of hydrogen-bond donors (Lipinski definition) is 1. The smallest absolute Gasteiger partial charge is 0.332 e. The van der Waals surface area contributed by atoms with Gasteiger partial charge in [-0.05, 0) is 23.8 Å². The Bertz CT molecular complexity index is 416. The molecule has 72 valence electrons. The second kappa shape index (κ2) is 3.61. The second-order valence-corrected chi connectivity index (χ2v) is 4.10. The van der Waals surface area contributed by atoms with Gasteiger partial charge in [0.05, 0.1) is 11.5 Å². The first kappa shape index (κ1) is 10.4. The van der Waals surface area contributed by atoms with Crippen molar-refractivity contribution in [2.24, 2.45) is 0 Å². The molecule has 0 unspecified atom stereocenters. The predicted octanol–water partition coefficient (Wildman–Crippen LogP) is 1.49. The van der Waals surface area contributed by atoms with Crippen molar-refractivity contribution in [3.8, 4) is 0 Å². The van der Waals surface area contributed by atoms with Crippen molar-refractivity contribution < 1.29 is 17.4 Å². The highest BCUT2D eigenvalue weighted by Gasteiger charge is 2.13. The first-order chi connectivity index (χ1) is 5.95. The third-order valence-electron chi connectivity index (χ3n) is 1.47. The normalized spacial score (nSPS) is 11.6. The summed E-state index contributed by atoms with van der Waals surface area (Å²) >= 11 is 5.57. The van der Waals surface area contributed by atoms with Gasteiger partial charge in [-0.1, -0.05) is 11.6 Å². The molecular formula is C7H6ClFO3S. The van der Waals surface area contributed by atoms with Gasteiger partial charge in [-0.2, -0.15) is 8.42 Å². The molecular weight excluding hydrogens is 219 g/mol. The van der Waals surface area contributed by atoms with Crippen LogP contribution in [0.15, 0.2) is 23.1 Å². The number of aliphatic hydroxyl groups is 1. The first-order valence-electron chi connectivity index (χ1n) is 3.29. The van der Waals surface area contributed by atoms with Crippen LogP contribution in [0.25, 0.3) is 0 Å². The lowest BCUT2D eigenvalue weighted by atomic mass is 10.2. The summed E-state index contributed by atoms with van der Waals surface area (Å²) < 4.78 is 33.3. The van der Waals surface area contributed by atoms with Gasteiger partial charge in [0.2, 0.25) is 0 Å². The van der Waals surface area contributed by atoms with Crippen molar-refractivity contribution in [3.05, 3.63) is 28.8 Å². The summed E-state index contributed by atoms with van der Waals surface area (Å²) in [4.78, 5) is -0.499. The maximum absolute atomic E-state index is 12.4. The largest absolute Gasteiger partial charge is 0.392 e. The number of benzene rings is 1. The van der Waals surface area contributed by atoms with Crippen LogP contribution in [0.2, 0.25) is 5.02 Å². The molecule has 3 nitrogen and oxygen atoms in total. The monoisotopic (exact) mass is 224 g/mol. The molecule has 1 rings (SSSR count). The van der Waals surface area contributed by atoms with Crippen LogP contribution in [0.4, 0.5) is 3.89 Å². The molecule has 1 N–H and O–H groups in total. The van der Waals surface area contributed by atoms with Gasteiger partial charge in [0.1, 0.15) is 0 Å². The maximum atomic E-state index is 12.4. The lowest BCUT2D eigenvalue weighted by Crippen LogP contribution is -1.94. The van der Waals surface area contributed by atoms with E-state index in [9.17, 15) is 12.3 Å². The van der Waals surface area contributed by atoms with Gasteiger partial charge in [0.15, 0.2) is 0 Å². The van der Waals surface area contributed by atoms with Gasteiger partial charge in [-0.25, -0.2) is 0 Å². The van der Waals surface area contributed by atoms with Crippen molar-refractivity contribution >= 4 is 21.8 Å². The molecule has 0 bridgehead atoms. The minimum atomic E-state index is -4.72. The van der Waals surface area contributed by atoms with Crippen LogP contribution in [-0.2, 0) is 16.8 Å². The molecule has 0 aliphatic carbocycles. The van der Waals surface area contributed by atoms with E-state index in [0.717, 1.165) is 12.1 Å². The lowest BCUT2D eigenvalue weighted by Gasteiger charge is -2.01. The predicted molar refractivity (Wildman–Crippen MR) is 45.7 cm³/mol. The molecule has 6 heteroatoms. The molecule has 0 saturated heterocycles. The van der Waals surface area contributed by atoms with Crippen molar-refractivity contribution in [3.63, 3.8) is 0 Å². The fourth-order valence-electron chi connectivity index (χ4n) is 0.824. The van der Waals surface area contributed by atoms with Crippen LogP contribution in [-0.4, -0.2) is 13.5 Å². The van der Waals surface area contributed by atoms with Gasteiger partial charge in [0.25, 0.3) is 0 Å². The summed E-state index contributed by atoms with van der Waals surface area (Å²) in [6.45, 7) is -0.428. The summed E-state index contributed by atoms with van der Waals surface area (Å²) in [5.74, 6) is 0. The van der Waals surface area contributed by atoms with Gasteiger partial charge in [0, 0.05) is 5.02 Å². The lowest BCUT2D eigenvalue weighted by molar-refractivity contribution is 0.281. The van der Waals surface area contributed by atoms with Crippen molar-refractivity contribution in [2.75, 3.05) is 0 Å². The van der Waals surface area contributed by atoms with Crippen LogP contribution < -0.4 is 0 Å². The average Bonchev–Trinajstić information content (AvgIpc) is 2.03. The molecule has 1 aromatic carbocycles. The minimum Gasteiger partial charge on any atom is -0.392 e. The van der Waals surface area contributed by atoms with Crippen molar-refractivity contribution in [2.45, 2.75) is 11.5 Å². The summed E-state index contributed by atoms with van der Waals surface area (Å²) in [7, 11) is -4.72. The third-order valence-corrected chi connectivity index (χ3v) is 2.65. The highest BCUT2D eigenvalue weighted by Crippen LogP contribution is 2.21. The van der Waals surface area contributed by atoms with Crippen LogP contribution >= 0.6 is 11.6 Å². The van der Waals surface area contributed by atoms with Gasteiger partial charge >= 0.3 is 10.2 Å². The molecule has 0 aromatic heterocycles. The van der Waals surface area contributed by atoms with E-state index in [2.05, 4.69) is 0 Å². The zero-order valence-corrected chi connectivity index (χ0v) is 7.94. The summed E-state index contributed by atoms with van der Waals surface area (Å²) in [5, 5.41) is 8.91. The van der Waals surface area contributed by atoms with Crippen LogP contribution in [0, 0.1) is 0 Å². The number of halogens is 2. The summed E-state index contributed by atoms with van der Waals surface area (Å²) in [6, 6.07) is 3.26. The quantitative estimate of drug-likeness (QED) is 0.775. The number of rotatable bonds is 2. The fourth-order valence-corrected chi connectivity index (χ4v) is 1.51. The van der Waals surface area contributed by atoms with E-state index in [0.29, 0.717) is 0 Å². The number of aliphatic hydroxyl groups excluding tert-OH is 1. The Labute approximate surface area is 80.0 Å². The minimum absolute atomic E-state index is 0.181. The van der Waals surface area contributed by atoms with Crippen LogP contribution in [0.5, 0.6) is 0 Å². The Morgan fingerprint density at radius 1 is 1.46 bits per heavy atom. The molecule has 0 atom stereocenters. The highest BCUT2D eigenvalue weighted by atomic mass is 35.5. The van der Waals surface area contributed by atoms with E-state index in [1.807, 2.05) is 0 Å². The molecule has 0 heterocycles. The molecule has 13 heavy (non-hydrogen) atoms. The Hall–Kier alpha value is -0.650. The molecule has 1 aromatic rings. The van der Waals surface area contributed by atoms with E-state index in [4.69, 9.17) is 16.7 Å². The molecule has 0 amide bonds. The summed E-state index contributed by atoms with van der Waals surface area (Å²) in [6.07, 6.45) is 0. The first-order valence-corrected chi connectivity index (χ1v) is 5.05. The SMILES string of the molecule is O=S(=O)(F)c1ccc(Cl)c(CO)c1.